The Morgan fingerprint density at radius 2 is 1.85 bits per heavy atom. The van der Waals surface area contributed by atoms with Crippen molar-refractivity contribution in [2.75, 3.05) is 24.2 Å². The summed E-state index contributed by atoms with van der Waals surface area (Å²) in [6.45, 7) is 0.565. The van der Waals surface area contributed by atoms with Gasteiger partial charge in [-0.2, -0.15) is 11.3 Å². The maximum atomic E-state index is 12.5. The van der Waals surface area contributed by atoms with E-state index >= 15 is 0 Å². The summed E-state index contributed by atoms with van der Waals surface area (Å²) in [6, 6.07) is 10.8. The number of aromatic nitrogens is 2. The first-order valence-corrected chi connectivity index (χ1v) is 13.1. The SMILES string of the molecule is O=CN(O)C(CCCc1ncccn1)CS(=O)(=O)NCCNc1ccc(-c2ccsc2)cc1. The van der Waals surface area contributed by atoms with E-state index in [1.807, 2.05) is 29.6 Å². The highest BCUT2D eigenvalue weighted by Crippen LogP contribution is 2.23. The molecule has 0 saturated carbocycles. The first kappa shape index (κ1) is 24.8. The van der Waals surface area contributed by atoms with Crippen LogP contribution in [0.2, 0.25) is 0 Å². The molecule has 3 aromatic rings. The number of sulfonamides is 1. The fourth-order valence-corrected chi connectivity index (χ4v) is 5.29. The average Bonchev–Trinajstić information content (AvgIpc) is 3.37. The van der Waals surface area contributed by atoms with Crippen molar-refractivity contribution in [1.29, 1.82) is 0 Å². The van der Waals surface area contributed by atoms with Crippen molar-refractivity contribution in [3.05, 3.63) is 65.4 Å². The number of carbonyl (C=O) groups excluding carboxylic acids is 1. The molecule has 0 bridgehead atoms. The van der Waals surface area contributed by atoms with Crippen LogP contribution in [-0.2, 0) is 21.2 Å². The van der Waals surface area contributed by atoms with E-state index in [-0.39, 0.29) is 13.0 Å². The maximum absolute atomic E-state index is 12.5. The number of hydroxylamine groups is 2. The highest BCUT2D eigenvalue weighted by molar-refractivity contribution is 7.89. The Bertz CT molecular complexity index is 1080. The molecule has 3 rings (SSSR count). The molecule has 0 aliphatic heterocycles. The second kappa shape index (κ2) is 12.4. The Morgan fingerprint density at radius 1 is 1.09 bits per heavy atom. The molecule has 33 heavy (non-hydrogen) atoms. The van der Waals surface area contributed by atoms with E-state index in [9.17, 15) is 18.4 Å². The molecule has 11 heteroatoms. The van der Waals surface area contributed by atoms with Crippen LogP contribution in [0.1, 0.15) is 18.7 Å². The molecule has 0 aliphatic carbocycles. The van der Waals surface area contributed by atoms with Crippen LogP contribution in [0.3, 0.4) is 0 Å². The molecule has 0 saturated heterocycles. The molecule has 0 fully saturated rings. The second-order valence-corrected chi connectivity index (χ2v) is 10.0. The zero-order valence-electron chi connectivity index (χ0n) is 18.0. The van der Waals surface area contributed by atoms with E-state index in [1.54, 1.807) is 29.8 Å². The molecular weight excluding hydrogens is 462 g/mol. The lowest BCUT2D eigenvalue weighted by atomic mass is 10.1. The summed E-state index contributed by atoms with van der Waals surface area (Å²) < 4.78 is 27.4. The maximum Gasteiger partial charge on any atom is 0.233 e. The number of thiophene rings is 1. The Balaban J connectivity index is 1.43. The van der Waals surface area contributed by atoms with Crippen molar-refractivity contribution < 1.29 is 18.4 Å². The fourth-order valence-electron chi connectivity index (χ4n) is 3.27. The van der Waals surface area contributed by atoms with Gasteiger partial charge in [0.1, 0.15) is 5.82 Å². The first-order valence-electron chi connectivity index (χ1n) is 10.5. The number of rotatable bonds is 14. The molecule has 1 atom stereocenters. The summed E-state index contributed by atoms with van der Waals surface area (Å²) in [5, 5.41) is 17.5. The van der Waals surface area contributed by atoms with Crippen molar-refractivity contribution in [2.45, 2.75) is 25.3 Å². The van der Waals surface area contributed by atoms with Gasteiger partial charge < -0.3 is 5.32 Å². The topological polar surface area (TPSA) is 125 Å². The standard InChI is InChI=1S/C22H27N5O4S2/c28-17-27(29)21(3-1-4-22-24-10-2-11-25-22)16-33(30,31)26-13-12-23-20-7-5-18(6-8-20)19-9-14-32-15-19/h2,5-11,14-15,17,21,23,26,29H,1,3-4,12-13,16H2. The zero-order valence-corrected chi connectivity index (χ0v) is 19.6. The van der Waals surface area contributed by atoms with Gasteiger partial charge in [-0.1, -0.05) is 12.1 Å². The minimum atomic E-state index is -3.70. The van der Waals surface area contributed by atoms with Crippen molar-refractivity contribution in [2.24, 2.45) is 0 Å². The molecular formula is C22H27N5O4S2. The summed E-state index contributed by atoms with van der Waals surface area (Å²) in [5.41, 5.74) is 3.17. The molecule has 176 valence electrons. The van der Waals surface area contributed by atoms with Crippen molar-refractivity contribution >= 4 is 33.5 Å². The van der Waals surface area contributed by atoms with E-state index < -0.39 is 21.8 Å². The van der Waals surface area contributed by atoms with Gasteiger partial charge in [-0.15, -0.1) is 0 Å². The van der Waals surface area contributed by atoms with Gasteiger partial charge in [0, 0.05) is 37.6 Å². The number of hydrogen-bond donors (Lipinski definition) is 3. The van der Waals surface area contributed by atoms with Gasteiger partial charge in [0.05, 0.1) is 11.8 Å². The Kier molecular flexibility index (Phi) is 9.31. The van der Waals surface area contributed by atoms with Gasteiger partial charge in [0.15, 0.2) is 0 Å². The number of amides is 1. The quantitative estimate of drug-likeness (QED) is 0.138. The summed E-state index contributed by atoms with van der Waals surface area (Å²) in [6.07, 6.45) is 4.82. The third-order valence-corrected chi connectivity index (χ3v) is 7.12. The van der Waals surface area contributed by atoms with Crippen LogP contribution >= 0.6 is 11.3 Å². The Hall–Kier alpha value is -2.86. The van der Waals surface area contributed by atoms with Crippen molar-refractivity contribution in [3.63, 3.8) is 0 Å². The van der Waals surface area contributed by atoms with Crippen LogP contribution in [0.15, 0.2) is 59.6 Å². The average molecular weight is 490 g/mol. The minimum Gasteiger partial charge on any atom is -0.384 e. The first-order chi connectivity index (χ1) is 16.0. The predicted molar refractivity (Wildman–Crippen MR) is 128 cm³/mol. The lowest BCUT2D eigenvalue weighted by Gasteiger charge is -2.22. The van der Waals surface area contributed by atoms with E-state index in [0.29, 0.717) is 36.7 Å². The fraction of sp³-hybridized carbons (Fsp3) is 0.318. The Labute approximate surface area is 197 Å². The molecule has 1 amide bonds. The molecule has 9 nitrogen and oxygen atoms in total. The van der Waals surface area contributed by atoms with Crippen LogP contribution < -0.4 is 10.0 Å². The lowest BCUT2D eigenvalue weighted by Crippen LogP contribution is -2.42. The van der Waals surface area contributed by atoms with E-state index in [4.69, 9.17) is 0 Å². The third kappa shape index (κ3) is 8.21. The molecule has 0 aliphatic rings. The molecule has 1 aromatic carbocycles. The summed E-state index contributed by atoms with van der Waals surface area (Å²) in [4.78, 5) is 19.2. The number of hydrogen-bond acceptors (Lipinski definition) is 8. The van der Waals surface area contributed by atoms with Crippen LogP contribution in [0.25, 0.3) is 11.1 Å². The molecule has 0 spiro atoms. The molecule has 0 radical (unpaired) electrons. The number of carbonyl (C=O) groups is 1. The lowest BCUT2D eigenvalue weighted by molar-refractivity contribution is -0.158. The van der Waals surface area contributed by atoms with Gasteiger partial charge in [0.2, 0.25) is 16.4 Å². The zero-order chi connectivity index (χ0) is 23.5. The predicted octanol–water partition coefficient (Wildman–Crippen LogP) is 2.78. The summed E-state index contributed by atoms with van der Waals surface area (Å²) in [7, 11) is -3.70. The largest absolute Gasteiger partial charge is 0.384 e. The number of anilines is 1. The highest BCUT2D eigenvalue weighted by Gasteiger charge is 2.23. The Morgan fingerprint density at radius 3 is 2.52 bits per heavy atom. The van der Waals surface area contributed by atoms with Crippen LogP contribution in [0.5, 0.6) is 0 Å². The van der Waals surface area contributed by atoms with E-state index in [2.05, 4.69) is 31.5 Å². The van der Waals surface area contributed by atoms with Gasteiger partial charge in [0.25, 0.3) is 0 Å². The number of benzene rings is 1. The minimum absolute atomic E-state index is 0.172. The second-order valence-electron chi connectivity index (χ2n) is 7.39. The number of nitrogens with one attached hydrogen (secondary N) is 2. The summed E-state index contributed by atoms with van der Waals surface area (Å²) in [5.74, 6) is 0.231. The van der Waals surface area contributed by atoms with E-state index in [0.717, 1.165) is 11.3 Å². The third-order valence-electron chi connectivity index (χ3n) is 4.97. The van der Waals surface area contributed by atoms with Crippen LogP contribution in [0.4, 0.5) is 5.69 Å². The molecule has 2 heterocycles. The van der Waals surface area contributed by atoms with Crippen molar-refractivity contribution in [3.8, 4) is 11.1 Å². The monoisotopic (exact) mass is 489 g/mol. The molecule has 1 unspecified atom stereocenters. The van der Waals surface area contributed by atoms with Gasteiger partial charge in [-0.05, 0) is 59.0 Å². The normalized spacial score (nSPS) is 12.3. The summed E-state index contributed by atoms with van der Waals surface area (Å²) >= 11 is 1.64. The highest BCUT2D eigenvalue weighted by atomic mass is 32.2. The van der Waals surface area contributed by atoms with Crippen LogP contribution in [-0.4, -0.2) is 60.0 Å². The van der Waals surface area contributed by atoms with Crippen LogP contribution in [0, 0.1) is 0 Å². The van der Waals surface area contributed by atoms with Gasteiger partial charge in [-0.3, -0.25) is 10.0 Å². The number of nitrogens with zero attached hydrogens (tertiary/aromatic N) is 3. The van der Waals surface area contributed by atoms with Crippen molar-refractivity contribution in [1.82, 2.24) is 19.8 Å². The molecule has 3 N–H and O–H groups in total. The molecule has 2 aromatic heterocycles. The van der Waals surface area contributed by atoms with Gasteiger partial charge >= 0.3 is 0 Å². The number of aryl methyl sites for hydroxylation is 1. The van der Waals surface area contributed by atoms with E-state index in [1.165, 1.54) is 5.56 Å². The smallest absolute Gasteiger partial charge is 0.233 e. The van der Waals surface area contributed by atoms with Gasteiger partial charge in [-0.25, -0.2) is 28.2 Å².